The first-order valence-corrected chi connectivity index (χ1v) is 6.34. The molecular weight excluding hydrogens is 232 g/mol. The first kappa shape index (κ1) is 11.6. The van der Waals surface area contributed by atoms with Gasteiger partial charge in [-0.3, -0.25) is 4.79 Å². The Balaban J connectivity index is 1.64. The molecule has 4 N–H and O–H groups in total. The van der Waals surface area contributed by atoms with Gasteiger partial charge in [0.2, 0.25) is 5.91 Å². The Hall–Kier alpha value is -1.44. The summed E-state index contributed by atoms with van der Waals surface area (Å²) >= 11 is 0. The molecule has 2 fully saturated rings. The molecule has 3 rings (SSSR count). The van der Waals surface area contributed by atoms with E-state index in [9.17, 15) is 4.79 Å². The number of carbonyl (C=O) groups is 1. The molecule has 98 valence electrons. The SMILES string of the molecule is O=C(Nc1ccnn1C1CNC1)C1CNCCN1. The second-order valence-corrected chi connectivity index (χ2v) is 4.67. The zero-order valence-corrected chi connectivity index (χ0v) is 10.1. The Morgan fingerprint density at radius 3 is 2.89 bits per heavy atom. The molecule has 0 aliphatic carbocycles. The highest BCUT2D eigenvalue weighted by molar-refractivity contribution is 5.94. The van der Waals surface area contributed by atoms with Crippen LogP contribution in [0.1, 0.15) is 6.04 Å². The summed E-state index contributed by atoms with van der Waals surface area (Å²) in [6, 6.07) is 2.03. The predicted octanol–water partition coefficient (Wildman–Crippen LogP) is -1.47. The Kier molecular flexibility index (Phi) is 3.26. The standard InChI is InChI=1S/C11H18N6O/c18-11(9-7-12-3-4-14-9)16-10-1-2-15-17(10)8-5-13-6-8/h1-2,8-9,12-14H,3-7H2,(H,16,18). The van der Waals surface area contributed by atoms with Gasteiger partial charge in [-0.05, 0) is 0 Å². The summed E-state index contributed by atoms with van der Waals surface area (Å²) in [5.74, 6) is 0.773. The molecule has 1 amide bonds. The maximum absolute atomic E-state index is 12.1. The summed E-state index contributed by atoms with van der Waals surface area (Å²) in [5.41, 5.74) is 0. The number of hydrogen-bond donors (Lipinski definition) is 4. The van der Waals surface area contributed by atoms with Crippen molar-refractivity contribution >= 4 is 11.7 Å². The topological polar surface area (TPSA) is 83.0 Å². The van der Waals surface area contributed by atoms with Crippen LogP contribution in [-0.4, -0.2) is 54.5 Å². The third-order valence-corrected chi connectivity index (χ3v) is 3.38. The Morgan fingerprint density at radius 1 is 1.33 bits per heavy atom. The fourth-order valence-corrected chi connectivity index (χ4v) is 2.20. The van der Waals surface area contributed by atoms with E-state index in [-0.39, 0.29) is 11.9 Å². The number of piperazine rings is 1. The molecule has 2 aliphatic heterocycles. The van der Waals surface area contributed by atoms with Gasteiger partial charge < -0.3 is 21.3 Å². The quantitative estimate of drug-likeness (QED) is 0.526. The van der Waals surface area contributed by atoms with Crippen LogP contribution in [0, 0.1) is 0 Å². The molecule has 0 radical (unpaired) electrons. The molecule has 2 saturated heterocycles. The molecule has 1 aromatic heterocycles. The first-order valence-electron chi connectivity index (χ1n) is 6.34. The van der Waals surface area contributed by atoms with E-state index in [1.54, 1.807) is 6.20 Å². The number of hydrogen-bond acceptors (Lipinski definition) is 5. The van der Waals surface area contributed by atoms with Crippen LogP contribution in [0.2, 0.25) is 0 Å². The number of nitrogens with zero attached hydrogens (tertiary/aromatic N) is 2. The molecule has 0 bridgehead atoms. The average Bonchev–Trinajstić information content (AvgIpc) is 2.76. The van der Waals surface area contributed by atoms with Crippen LogP contribution >= 0.6 is 0 Å². The lowest BCUT2D eigenvalue weighted by atomic mass is 10.2. The summed E-state index contributed by atoms with van der Waals surface area (Å²) in [4.78, 5) is 12.1. The van der Waals surface area contributed by atoms with Crippen molar-refractivity contribution < 1.29 is 4.79 Å². The van der Waals surface area contributed by atoms with Crippen LogP contribution < -0.4 is 21.3 Å². The molecule has 0 aromatic carbocycles. The van der Waals surface area contributed by atoms with Crippen molar-refractivity contribution in [2.24, 2.45) is 0 Å². The van der Waals surface area contributed by atoms with Crippen LogP contribution in [0.5, 0.6) is 0 Å². The number of nitrogens with one attached hydrogen (secondary N) is 4. The fourth-order valence-electron chi connectivity index (χ4n) is 2.20. The third kappa shape index (κ3) is 2.24. The van der Waals surface area contributed by atoms with Gasteiger partial charge in [0.05, 0.1) is 18.3 Å². The summed E-state index contributed by atoms with van der Waals surface area (Å²) in [7, 11) is 0. The summed E-state index contributed by atoms with van der Waals surface area (Å²) < 4.78 is 1.88. The largest absolute Gasteiger partial charge is 0.313 e. The predicted molar refractivity (Wildman–Crippen MR) is 67.4 cm³/mol. The fraction of sp³-hybridized carbons (Fsp3) is 0.636. The van der Waals surface area contributed by atoms with E-state index in [0.717, 1.165) is 32.0 Å². The van der Waals surface area contributed by atoms with Crippen molar-refractivity contribution in [2.75, 3.05) is 38.0 Å². The van der Waals surface area contributed by atoms with Crippen molar-refractivity contribution in [3.05, 3.63) is 12.3 Å². The van der Waals surface area contributed by atoms with Gasteiger partial charge in [0.15, 0.2) is 0 Å². The summed E-state index contributed by atoms with van der Waals surface area (Å²) in [6.07, 6.45) is 1.72. The molecule has 0 saturated carbocycles. The molecule has 1 unspecified atom stereocenters. The van der Waals surface area contributed by atoms with Crippen molar-refractivity contribution in [1.29, 1.82) is 0 Å². The van der Waals surface area contributed by atoms with Crippen molar-refractivity contribution in [2.45, 2.75) is 12.1 Å². The highest BCUT2D eigenvalue weighted by atomic mass is 16.2. The van der Waals surface area contributed by atoms with Gasteiger partial charge in [-0.25, -0.2) is 4.68 Å². The second kappa shape index (κ2) is 5.05. The van der Waals surface area contributed by atoms with E-state index < -0.39 is 0 Å². The Morgan fingerprint density at radius 2 is 2.22 bits per heavy atom. The second-order valence-electron chi connectivity index (χ2n) is 4.67. The van der Waals surface area contributed by atoms with Gasteiger partial charge in [-0.15, -0.1) is 0 Å². The lowest BCUT2D eigenvalue weighted by Gasteiger charge is -2.29. The van der Waals surface area contributed by atoms with Gasteiger partial charge >= 0.3 is 0 Å². The Labute approximate surface area is 105 Å². The van der Waals surface area contributed by atoms with Gasteiger partial charge in [0.1, 0.15) is 5.82 Å². The first-order chi connectivity index (χ1) is 8.84. The molecular formula is C11H18N6O. The molecule has 3 heterocycles. The average molecular weight is 250 g/mol. The van der Waals surface area contributed by atoms with Crippen molar-refractivity contribution in [3.8, 4) is 0 Å². The van der Waals surface area contributed by atoms with Crippen molar-refractivity contribution in [3.63, 3.8) is 0 Å². The molecule has 2 aliphatic rings. The van der Waals surface area contributed by atoms with Crippen molar-refractivity contribution in [1.82, 2.24) is 25.7 Å². The van der Waals surface area contributed by atoms with Gasteiger partial charge in [0.25, 0.3) is 0 Å². The van der Waals surface area contributed by atoms with Crippen LogP contribution in [-0.2, 0) is 4.79 Å². The van der Waals surface area contributed by atoms with E-state index >= 15 is 0 Å². The molecule has 1 aromatic rings. The van der Waals surface area contributed by atoms with E-state index in [2.05, 4.69) is 26.4 Å². The lowest BCUT2D eigenvalue weighted by molar-refractivity contribution is -0.118. The van der Waals surface area contributed by atoms with Crippen LogP contribution in [0.15, 0.2) is 12.3 Å². The monoisotopic (exact) mass is 250 g/mol. The molecule has 0 spiro atoms. The molecule has 7 heteroatoms. The third-order valence-electron chi connectivity index (χ3n) is 3.38. The maximum atomic E-state index is 12.1. The minimum Gasteiger partial charge on any atom is -0.313 e. The highest BCUT2D eigenvalue weighted by Crippen LogP contribution is 2.17. The zero-order valence-electron chi connectivity index (χ0n) is 10.1. The highest BCUT2D eigenvalue weighted by Gasteiger charge is 2.25. The van der Waals surface area contributed by atoms with Gasteiger partial charge in [-0.1, -0.05) is 0 Å². The smallest absolute Gasteiger partial charge is 0.243 e. The number of rotatable bonds is 3. The summed E-state index contributed by atoms with van der Waals surface area (Å²) in [5, 5.41) is 16.8. The minimum atomic E-state index is -0.165. The summed E-state index contributed by atoms with van der Waals surface area (Å²) in [6.45, 7) is 4.23. The van der Waals surface area contributed by atoms with E-state index in [1.165, 1.54) is 0 Å². The molecule has 7 nitrogen and oxygen atoms in total. The van der Waals surface area contributed by atoms with Crippen LogP contribution in [0.25, 0.3) is 0 Å². The van der Waals surface area contributed by atoms with Gasteiger partial charge in [-0.2, -0.15) is 5.10 Å². The zero-order chi connectivity index (χ0) is 12.4. The van der Waals surface area contributed by atoms with E-state index in [0.29, 0.717) is 12.6 Å². The number of aromatic nitrogens is 2. The number of carbonyl (C=O) groups excluding carboxylic acids is 1. The molecule has 1 atom stereocenters. The Bertz CT molecular complexity index is 421. The van der Waals surface area contributed by atoms with E-state index in [1.807, 2.05) is 10.7 Å². The van der Waals surface area contributed by atoms with Crippen LogP contribution in [0.4, 0.5) is 5.82 Å². The minimum absolute atomic E-state index is 0.00349. The number of anilines is 1. The molecule has 18 heavy (non-hydrogen) atoms. The van der Waals surface area contributed by atoms with Crippen LogP contribution in [0.3, 0.4) is 0 Å². The normalized spacial score (nSPS) is 24.6. The van der Waals surface area contributed by atoms with Gasteiger partial charge in [0, 0.05) is 38.8 Å². The maximum Gasteiger partial charge on any atom is 0.243 e. The van der Waals surface area contributed by atoms with E-state index in [4.69, 9.17) is 0 Å². The lowest BCUT2D eigenvalue weighted by Crippen LogP contribution is -2.54. The number of amides is 1.